The van der Waals surface area contributed by atoms with E-state index >= 15 is 0 Å². The normalized spacial score (nSPS) is 10.8. The number of amides is 2. The van der Waals surface area contributed by atoms with E-state index in [1.165, 1.54) is 31.3 Å². The van der Waals surface area contributed by atoms with E-state index in [0.29, 0.717) is 22.0 Å². The van der Waals surface area contributed by atoms with Gasteiger partial charge in [-0.05, 0) is 38.1 Å². The summed E-state index contributed by atoms with van der Waals surface area (Å²) < 4.78 is 41.7. The van der Waals surface area contributed by atoms with Gasteiger partial charge in [0.15, 0.2) is 11.9 Å². The van der Waals surface area contributed by atoms with Gasteiger partial charge in [0.05, 0.1) is 56.9 Å². The minimum Gasteiger partial charge on any atom is -0.370 e. The second-order valence-electron chi connectivity index (χ2n) is 8.26. The number of hydrogen-bond donors (Lipinski definition) is 4. The molecular weight excluding hydrogens is 565 g/mol. The number of alkyl halides is 3. The summed E-state index contributed by atoms with van der Waals surface area (Å²) in [6.07, 6.45) is -2.01. The summed E-state index contributed by atoms with van der Waals surface area (Å²) in [5, 5.41) is 8.51. The molecular formula is C25H24ClF3N10O2. The number of nitrogens with two attached hydrogens (primary N) is 4. The molecule has 0 saturated carbocycles. The van der Waals surface area contributed by atoms with E-state index in [1.54, 1.807) is 23.7 Å². The molecule has 41 heavy (non-hydrogen) atoms. The molecule has 0 bridgehead atoms. The summed E-state index contributed by atoms with van der Waals surface area (Å²) in [6.45, 7) is 3.20. The summed E-state index contributed by atoms with van der Waals surface area (Å²) in [7, 11) is 0. The van der Waals surface area contributed by atoms with E-state index < -0.39 is 29.5 Å². The Labute approximate surface area is 236 Å². The van der Waals surface area contributed by atoms with Crippen LogP contribution in [-0.4, -0.2) is 43.3 Å². The maximum Gasteiger partial charge on any atom is 0.418 e. The molecule has 8 N–H and O–H groups in total. The Morgan fingerprint density at radius 3 is 1.61 bits per heavy atom. The number of benzene rings is 2. The first-order chi connectivity index (χ1) is 19.2. The summed E-state index contributed by atoms with van der Waals surface area (Å²) in [6, 6.07) is 12.1. The second-order valence-corrected chi connectivity index (χ2v) is 8.67. The van der Waals surface area contributed by atoms with Crippen LogP contribution in [0.5, 0.6) is 0 Å². The van der Waals surface area contributed by atoms with E-state index in [1.807, 2.05) is 12.1 Å². The largest absolute Gasteiger partial charge is 0.418 e. The Hall–Kier alpha value is -5.18. The lowest BCUT2D eigenvalue weighted by molar-refractivity contribution is -0.137. The molecule has 4 rings (SSSR count). The Kier molecular flexibility index (Phi) is 9.14. The van der Waals surface area contributed by atoms with E-state index in [2.05, 4.69) is 20.2 Å². The number of aromatic nitrogens is 4. The molecule has 0 spiro atoms. The number of nitrogens with zero attached hydrogens (tertiary/aromatic N) is 6. The molecule has 2 aromatic carbocycles. The number of para-hydroxylation sites is 2. The van der Waals surface area contributed by atoms with E-state index in [4.69, 9.17) is 34.5 Å². The van der Waals surface area contributed by atoms with Crippen molar-refractivity contribution in [2.24, 2.45) is 32.9 Å². The van der Waals surface area contributed by atoms with Gasteiger partial charge in [0, 0.05) is 0 Å². The van der Waals surface area contributed by atoms with Crippen LogP contribution < -0.4 is 22.9 Å². The van der Waals surface area contributed by atoms with Crippen molar-refractivity contribution in [1.29, 1.82) is 0 Å². The number of carbonyl (C=O) groups excluding carboxylic acids is 2. The zero-order valence-corrected chi connectivity index (χ0v) is 22.4. The van der Waals surface area contributed by atoms with Crippen molar-refractivity contribution in [2.45, 2.75) is 20.0 Å². The van der Waals surface area contributed by atoms with Gasteiger partial charge in [-0.1, -0.05) is 35.9 Å². The van der Waals surface area contributed by atoms with Crippen LogP contribution in [0.1, 0.15) is 37.7 Å². The number of rotatable bonds is 4. The topological polar surface area (TPSA) is 199 Å². The van der Waals surface area contributed by atoms with Gasteiger partial charge in [0.2, 0.25) is 0 Å². The van der Waals surface area contributed by atoms with Gasteiger partial charge in [0.25, 0.3) is 11.8 Å². The lowest BCUT2D eigenvalue weighted by atomic mass is 10.1. The molecule has 0 fully saturated rings. The molecule has 2 aromatic heterocycles. The van der Waals surface area contributed by atoms with Crippen molar-refractivity contribution < 1.29 is 22.8 Å². The molecule has 4 aromatic rings. The van der Waals surface area contributed by atoms with Crippen LogP contribution >= 0.6 is 11.6 Å². The second kappa shape index (κ2) is 12.3. The molecule has 0 aliphatic heterocycles. The molecule has 2 heterocycles. The first kappa shape index (κ1) is 30.4. The Morgan fingerprint density at radius 2 is 1.17 bits per heavy atom. The monoisotopic (exact) mass is 588 g/mol. The predicted molar refractivity (Wildman–Crippen MR) is 147 cm³/mol. The molecule has 12 nitrogen and oxygen atoms in total. The fourth-order valence-corrected chi connectivity index (χ4v) is 3.82. The quantitative estimate of drug-likeness (QED) is 0.206. The van der Waals surface area contributed by atoms with Crippen molar-refractivity contribution in [2.75, 3.05) is 0 Å². The SMILES string of the molecule is Cc1c(C(=O)N=C(N)N)cnn1-c1ccccc1C(F)(F)F.Cc1c(C(=O)N=C(N)N)cnn1-c1ccccc1Cl. The third-order valence-electron chi connectivity index (χ3n) is 5.46. The van der Waals surface area contributed by atoms with Crippen molar-refractivity contribution >= 4 is 35.3 Å². The van der Waals surface area contributed by atoms with Crippen molar-refractivity contribution in [1.82, 2.24) is 19.6 Å². The highest BCUT2D eigenvalue weighted by atomic mass is 35.5. The minimum atomic E-state index is -4.54. The average Bonchev–Trinajstić information content (AvgIpc) is 3.46. The van der Waals surface area contributed by atoms with Gasteiger partial charge in [-0.25, -0.2) is 9.36 Å². The lowest BCUT2D eigenvalue weighted by Gasteiger charge is -2.13. The summed E-state index contributed by atoms with van der Waals surface area (Å²) >= 11 is 6.09. The van der Waals surface area contributed by atoms with Crippen molar-refractivity contribution in [3.63, 3.8) is 0 Å². The zero-order valence-electron chi connectivity index (χ0n) is 21.6. The minimum absolute atomic E-state index is 0.0189. The van der Waals surface area contributed by atoms with E-state index in [9.17, 15) is 22.8 Å². The number of guanidine groups is 2. The Balaban J connectivity index is 0.000000228. The van der Waals surface area contributed by atoms with Crippen LogP contribution in [0.25, 0.3) is 11.4 Å². The van der Waals surface area contributed by atoms with Crippen LogP contribution in [0.4, 0.5) is 13.2 Å². The van der Waals surface area contributed by atoms with Crippen LogP contribution in [0.15, 0.2) is 70.9 Å². The maximum atomic E-state index is 13.0. The number of hydrogen-bond acceptors (Lipinski definition) is 4. The van der Waals surface area contributed by atoms with Gasteiger partial charge in [-0.2, -0.15) is 33.4 Å². The van der Waals surface area contributed by atoms with E-state index in [-0.39, 0.29) is 22.9 Å². The molecule has 214 valence electrons. The van der Waals surface area contributed by atoms with Crippen LogP contribution in [0.3, 0.4) is 0 Å². The zero-order chi connectivity index (χ0) is 30.5. The summed E-state index contributed by atoms with van der Waals surface area (Å²) in [5.74, 6) is -2.02. The van der Waals surface area contributed by atoms with Crippen molar-refractivity contribution in [3.8, 4) is 11.4 Å². The van der Waals surface area contributed by atoms with Crippen LogP contribution in [0.2, 0.25) is 5.02 Å². The molecule has 16 heteroatoms. The highest BCUT2D eigenvalue weighted by molar-refractivity contribution is 6.32. The van der Waals surface area contributed by atoms with Gasteiger partial charge < -0.3 is 22.9 Å². The molecule has 0 radical (unpaired) electrons. The third kappa shape index (κ3) is 7.07. The lowest BCUT2D eigenvalue weighted by Crippen LogP contribution is -2.24. The predicted octanol–water partition coefficient (Wildman–Crippen LogP) is 2.86. The van der Waals surface area contributed by atoms with Gasteiger partial charge in [-0.3, -0.25) is 9.59 Å². The van der Waals surface area contributed by atoms with Gasteiger partial charge >= 0.3 is 6.18 Å². The maximum absolute atomic E-state index is 13.0. The summed E-state index contributed by atoms with van der Waals surface area (Å²) in [5.41, 5.74) is 21.4. The van der Waals surface area contributed by atoms with Crippen LogP contribution in [0, 0.1) is 13.8 Å². The Morgan fingerprint density at radius 1 is 0.756 bits per heavy atom. The molecule has 0 unspecified atom stereocenters. The number of carbonyl (C=O) groups is 2. The van der Waals surface area contributed by atoms with Gasteiger partial charge in [0.1, 0.15) is 0 Å². The smallest absolute Gasteiger partial charge is 0.370 e. The highest BCUT2D eigenvalue weighted by Gasteiger charge is 2.34. The Bertz CT molecular complexity index is 1650. The first-order valence-corrected chi connectivity index (χ1v) is 11.9. The molecule has 2 amide bonds. The highest BCUT2D eigenvalue weighted by Crippen LogP contribution is 2.34. The standard InChI is InChI=1S/C13H12F3N5O.C12H12ClN5O/c1-7-8(11(22)20-12(17)18)6-19-21(7)10-5-3-2-4-9(10)13(14,15)16;1-7-8(11(19)17-12(14)15)6-16-18(7)10-5-3-2-4-9(10)13/h2-6H,1H3,(H4,17,18,20,22);2-6H,1H3,(H4,14,15,17,19). The number of halogens is 4. The molecule has 0 saturated heterocycles. The summed E-state index contributed by atoms with van der Waals surface area (Å²) in [4.78, 5) is 30.4. The number of aliphatic imine (C=N–C) groups is 2. The van der Waals surface area contributed by atoms with Gasteiger partial charge in [-0.15, -0.1) is 0 Å². The molecule has 0 atom stereocenters. The first-order valence-electron chi connectivity index (χ1n) is 11.5. The third-order valence-corrected chi connectivity index (χ3v) is 5.78. The molecule has 0 aliphatic carbocycles. The molecule has 0 aliphatic rings. The fraction of sp³-hybridized carbons (Fsp3) is 0.120. The van der Waals surface area contributed by atoms with Crippen molar-refractivity contribution in [3.05, 3.63) is 94.0 Å². The average molecular weight is 589 g/mol. The van der Waals surface area contributed by atoms with E-state index in [0.717, 1.165) is 16.9 Å². The fourth-order valence-electron chi connectivity index (χ4n) is 3.60. The van der Waals surface area contributed by atoms with Crippen LogP contribution in [-0.2, 0) is 6.18 Å².